The van der Waals surface area contributed by atoms with Crippen LogP contribution in [0.5, 0.6) is 0 Å². The average Bonchev–Trinajstić information content (AvgIpc) is 2.15. The Labute approximate surface area is 97.4 Å². The zero-order valence-corrected chi connectivity index (χ0v) is 9.38. The van der Waals surface area contributed by atoms with Gasteiger partial charge in [0.25, 0.3) is 0 Å². The van der Waals surface area contributed by atoms with E-state index in [-0.39, 0.29) is 23.3 Å². The van der Waals surface area contributed by atoms with Gasteiger partial charge in [-0.2, -0.15) is 0 Å². The first-order chi connectivity index (χ1) is 7.41. The molecule has 0 unspecified atom stereocenters. The fraction of sp³-hybridized carbons (Fsp3) is 0.182. The van der Waals surface area contributed by atoms with E-state index in [9.17, 15) is 14.4 Å². The van der Waals surface area contributed by atoms with Gasteiger partial charge < -0.3 is 5.73 Å². The molecular weight excluding hydrogens is 230 g/mol. The Balaban J connectivity index is 3.19. The average molecular weight is 240 g/mol. The molecule has 5 heteroatoms. The second-order valence-corrected chi connectivity index (χ2v) is 3.79. The Morgan fingerprint density at radius 3 is 2.38 bits per heavy atom. The lowest BCUT2D eigenvalue weighted by Gasteiger charge is -2.05. The Bertz CT molecular complexity index is 468. The summed E-state index contributed by atoms with van der Waals surface area (Å²) in [5.74, 6) is -1.45. The van der Waals surface area contributed by atoms with E-state index in [1.807, 2.05) is 0 Å². The maximum atomic E-state index is 11.6. The number of carbonyl (C=O) groups excluding carboxylic acids is 3. The van der Waals surface area contributed by atoms with Crippen molar-refractivity contribution in [2.45, 2.75) is 13.3 Å². The minimum absolute atomic E-state index is 0.0793. The molecule has 0 bridgehead atoms. The van der Waals surface area contributed by atoms with Gasteiger partial charge in [-0.15, -0.1) is 0 Å². The van der Waals surface area contributed by atoms with Crippen LogP contribution in [-0.4, -0.2) is 17.5 Å². The molecule has 0 atom stereocenters. The van der Waals surface area contributed by atoms with Crippen molar-refractivity contribution >= 4 is 29.1 Å². The molecule has 0 saturated carbocycles. The van der Waals surface area contributed by atoms with Crippen LogP contribution in [0.4, 0.5) is 0 Å². The van der Waals surface area contributed by atoms with Crippen molar-refractivity contribution in [3.63, 3.8) is 0 Å². The normalized spacial score (nSPS) is 9.88. The summed E-state index contributed by atoms with van der Waals surface area (Å²) >= 11 is 5.71. The van der Waals surface area contributed by atoms with Crippen LogP contribution in [-0.2, 0) is 4.79 Å². The molecule has 0 aliphatic carbocycles. The molecule has 0 fully saturated rings. The van der Waals surface area contributed by atoms with Gasteiger partial charge in [-0.1, -0.05) is 11.6 Å². The van der Waals surface area contributed by atoms with E-state index in [2.05, 4.69) is 0 Å². The van der Waals surface area contributed by atoms with E-state index in [0.29, 0.717) is 5.02 Å². The number of hydrogen-bond acceptors (Lipinski definition) is 3. The van der Waals surface area contributed by atoms with Gasteiger partial charge in [-0.3, -0.25) is 14.4 Å². The van der Waals surface area contributed by atoms with Crippen molar-refractivity contribution in [2.75, 3.05) is 0 Å². The van der Waals surface area contributed by atoms with E-state index in [1.165, 1.54) is 25.1 Å². The number of halogens is 1. The van der Waals surface area contributed by atoms with E-state index in [4.69, 9.17) is 17.3 Å². The smallest absolute Gasteiger partial charge is 0.249 e. The zero-order chi connectivity index (χ0) is 12.3. The number of Topliss-reactive ketones (excluding diaryl/α,β-unsaturated/α-hetero) is 2. The Morgan fingerprint density at radius 1 is 1.25 bits per heavy atom. The van der Waals surface area contributed by atoms with Crippen LogP contribution >= 0.6 is 11.6 Å². The van der Waals surface area contributed by atoms with Gasteiger partial charge >= 0.3 is 0 Å². The summed E-state index contributed by atoms with van der Waals surface area (Å²) in [5, 5.41) is 0.317. The molecule has 0 aromatic heterocycles. The summed E-state index contributed by atoms with van der Waals surface area (Å²) < 4.78 is 0. The van der Waals surface area contributed by atoms with Crippen molar-refractivity contribution in [3.05, 3.63) is 34.3 Å². The molecule has 1 amide bonds. The van der Waals surface area contributed by atoms with Gasteiger partial charge in [0, 0.05) is 16.1 Å². The summed E-state index contributed by atoms with van der Waals surface area (Å²) in [7, 11) is 0. The van der Waals surface area contributed by atoms with Gasteiger partial charge in [-0.05, 0) is 25.1 Å². The van der Waals surface area contributed by atoms with Gasteiger partial charge in [0.15, 0.2) is 5.78 Å². The number of hydrogen-bond donors (Lipinski definition) is 1. The highest BCUT2D eigenvalue weighted by molar-refractivity contribution is 6.31. The van der Waals surface area contributed by atoms with Crippen molar-refractivity contribution in [2.24, 2.45) is 5.73 Å². The standard InChI is InChI=1S/C11H10ClNO3/c1-6(14)4-10(15)9-5-7(12)2-3-8(9)11(13)16/h2-3,5H,4H2,1H3,(H2,13,16). The quantitative estimate of drug-likeness (QED) is 0.640. The number of rotatable bonds is 4. The van der Waals surface area contributed by atoms with E-state index < -0.39 is 11.7 Å². The third kappa shape index (κ3) is 2.90. The summed E-state index contributed by atoms with van der Waals surface area (Å²) in [5.41, 5.74) is 5.29. The minimum atomic E-state index is -0.719. The SMILES string of the molecule is CC(=O)CC(=O)c1cc(Cl)ccc1C(N)=O. The molecule has 0 aliphatic heterocycles. The maximum Gasteiger partial charge on any atom is 0.249 e. The highest BCUT2D eigenvalue weighted by atomic mass is 35.5. The first kappa shape index (κ1) is 12.4. The lowest BCUT2D eigenvalue weighted by Crippen LogP contribution is -2.17. The Morgan fingerprint density at radius 2 is 1.88 bits per heavy atom. The molecule has 1 aromatic carbocycles. The number of benzene rings is 1. The fourth-order valence-corrected chi connectivity index (χ4v) is 1.46. The summed E-state index contributed by atoms with van der Waals surface area (Å²) in [6, 6.07) is 4.18. The second-order valence-electron chi connectivity index (χ2n) is 3.36. The number of ketones is 2. The third-order valence-corrected chi connectivity index (χ3v) is 2.19. The van der Waals surface area contributed by atoms with Gasteiger partial charge in [0.05, 0.1) is 6.42 Å². The predicted molar refractivity (Wildman–Crippen MR) is 59.6 cm³/mol. The van der Waals surface area contributed by atoms with Crippen LogP contribution in [0.25, 0.3) is 0 Å². The third-order valence-electron chi connectivity index (χ3n) is 1.96. The largest absolute Gasteiger partial charge is 0.366 e. The van der Waals surface area contributed by atoms with E-state index >= 15 is 0 Å². The molecule has 0 aliphatic rings. The number of carbonyl (C=O) groups is 3. The lowest BCUT2D eigenvalue weighted by molar-refractivity contribution is -0.116. The molecular formula is C11H10ClNO3. The van der Waals surface area contributed by atoms with Crippen molar-refractivity contribution in [1.29, 1.82) is 0 Å². The first-order valence-electron chi connectivity index (χ1n) is 4.54. The molecule has 0 spiro atoms. The lowest BCUT2D eigenvalue weighted by atomic mass is 10.00. The molecule has 0 radical (unpaired) electrons. The first-order valence-corrected chi connectivity index (χ1v) is 4.91. The Hall–Kier alpha value is -1.68. The molecule has 16 heavy (non-hydrogen) atoms. The van der Waals surface area contributed by atoms with Crippen LogP contribution in [0.3, 0.4) is 0 Å². The number of amides is 1. The number of primary amides is 1. The van der Waals surface area contributed by atoms with Gasteiger partial charge in [0.1, 0.15) is 5.78 Å². The molecule has 0 saturated heterocycles. The molecule has 84 valence electrons. The maximum absolute atomic E-state index is 11.6. The summed E-state index contributed by atoms with van der Waals surface area (Å²) in [6.45, 7) is 1.30. The number of nitrogens with two attached hydrogens (primary N) is 1. The predicted octanol–water partition coefficient (Wildman–Crippen LogP) is 1.60. The van der Waals surface area contributed by atoms with Crippen LogP contribution in [0, 0.1) is 0 Å². The van der Waals surface area contributed by atoms with E-state index in [0.717, 1.165) is 0 Å². The van der Waals surface area contributed by atoms with Crippen molar-refractivity contribution in [1.82, 2.24) is 0 Å². The van der Waals surface area contributed by atoms with Crippen LogP contribution in [0.15, 0.2) is 18.2 Å². The van der Waals surface area contributed by atoms with Gasteiger partial charge in [-0.25, -0.2) is 0 Å². The zero-order valence-electron chi connectivity index (χ0n) is 8.62. The van der Waals surface area contributed by atoms with Crippen molar-refractivity contribution < 1.29 is 14.4 Å². The van der Waals surface area contributed by atoms with Crippen LogP contribution < -0.4 is 5.73 Å². The van der Waals surface area contributed by atoms with Gasteiger partial charge in [0.2, 0.25) is 5.91 Å². The minimum Gasteiger partial charge on any atom is -0.366 e. The van der Waals surface area contributed by atoms with Crippen LogP contribution in [0.1, 0.15) is 34.1 Å². The molecule has 1 rings (SSSR count). The molecule has 0 heterocycles. The monoisotopic (exact) mass is 239 g/mol. The summed E-state index contributed by atoms with van der Waals surface area (Å²) in [4.78, 5) is 33.5. The second kappa shape index (κ2) is 4.90. The highest BCUT2D eigenvalue weighted by Crippen LogP contribution is 2.17. The Kier molecular flexibility index (Phi) is 3.79. The molecule has 4 nitrogen and oxygen atoms in total. The molecule has 2 N–H and O–H groups in total. The van der Waals surface area contributed by atoms with Crippen molar-refractivity contribution in [3.8, 4) is 0 Å². The fourth-order valence-electron chi connectivity index (χ4n) is 1.28. The molecule has 1 aromatic rings. The van der Waals surface area contributed by atoms with E-state index in [1.54, 1.807) is 0 Å². The van der Waals surface area contributed by atoms with Crippen LogP contribution in [0.2, 0.25) is 5.02 Å². The topological polar surface area (TPSA) is 77.2 Å². The summed E-state index contributed by atoms with van der Waals surface area (Å²) in [6.07, 6.45) is -0.263. The highest BCUT2D eigenvalue weighted by Gasteiger charge is 2.16.